The molecule has 0 saturated heterocycles. The zero-order valence-electron chi connectivity index (χ0n) is 9.11. The highest BCUT2D eigenvalue weighted by Gasteiger charge is 2.18. The summed E-state index contributed by atoms with van der Waals surface area (Å²) in [5.74, 6) is 0.859. The fraction of sp³-hybridized carbons (Fsp3) is 0.545. The van der Waals surface area contributed by atoms with Crippen LogP contribution in [0.1, 0.15) is 32.1 Å². The highest BCUT2D eigenvalue weighted by Crippen LogP contribution is 2.20. The largest absolute Gasteiger partial charge is 0.308 e. The van der Waals surface area contributed by atoms with Gasteiger partial charge < -0.3 is 0 Å². The number of anilines is 1. The van der Waals surface area contributed by atoms with Gasteiger partial charge in [-0.15, -0.1) is 0 Å². The fourth-order valence-corrected chi connectivity index (χ4v) is 2.09. The van der Waals surface area contributed by atoms with Crippen molar-refractivity contribution in [1.82, 2.24) is 0 Å². The molecular formula is C11H16N3O2+. The van der Waals surface area contributed by atoms with Crippen LogP contribution in [0.2, 0.25) is 0 Å². The molecule has 1 fully saturated rings. The number of nitrogens with one attached hydrogen (secondary N) is 2. The second kappa shape index (κ2) is 4.92. The summed E-state index contributed by atoms with van der Waals surface area (Å²) in [5, 5.41) is 13.8. The van der Waals surface area contributed by atoms with Gasteiger partial charge in [0.2, 0.25) is 0 Å². The Morgan fingerprint density at radius 3 is 2.62 bits per heavy atom. The van der Waals surface area contributed by atoms with Gasteiger partial charge >= 0.3 is 5.69 Å². The monoisotopic (exact) mass is 222 g/mol. The molecule has 1 saturated carbocycles. The van der Waals surface area contributed by atoms with Crippen LogP contribution in [0.3, 0.4) is 0 Å². The first-order valence-electron chi connectivity index (χ1n) is 5.68. The van der Waals surface area contributed by atoms with E-state index >= 15 is 0 Å². The molecular weight excluding hydrogens is 206 g/mol. The number of aromatic amines is 1. The van der Waals surface area contributed by atoms with Gasteiger partial charge in [-0.2, -0.15) is 0 Å². The number of nitro groups is 1. The first kappa shape index (κ1) is 10.9. The van der Waals surface area contributed by atoms with E-state index in [-0.39, 0.29) is 5.69 Å². The molecule has 1 heterocycles. The van der Waals surface area contributed by atoms with Gasteiger partial charge in [0.15, 0.2) is 6.20 Å². The van der Waals surface area contributed by atoms with Gasteiger partial charge in [-0.05, 0) is 25.7 Å². The van der Waals surface area contributed by atoms with E-state index in [1.165, 1.54) is 44.4 Å². The minimum absolute atomic E-state index is 0.0918. The maximum atomic E-state index is 10.5. The lowest BCUT2D eigenvalue weighted by molar-refractivity contribution is -0.413. The summed E-state index contributed by atoms with van der Waals surface area (Å²) < 4.78 is 0. The molecule has 1 aliphatic carbocycles. The summed E-state index contributed by atoms with van der Waals surface area (Å²) in [5.41, 5.74) is 0.0918. The zero-order valence-corrected chi connectivity index (χ0v) is 9.11. The Hall–Kier alpha value is -1.65. The van der Waals surface area contributed by atoms with Crippen molar-refractivity contribution < 1.29 is 9.91 Å². The lowest BCUT2D eigenvalue weighted by Gasteiger charge is -2.18. The number of pyridine rings is 1. The number of nitrogens with zero attached hydrogens (tertiary/aromatic N) is 1. The summed E-state index contributed by atoms with van der Waals surface area (Å²) in [6, 6.07) is 3.75. The van der Waals surface area contributed by atoms with Crippen molar-refractivity contribution in [2.75, 3.05) is 5.32 Å². The van der Waals surface area contributed by atoms with Crippen molar-refractivity contribution in [3.63, 3.8) is 0 Å². The van der Waals surface area contributed by atoms with E-state index in [0.717, 1.165) is 5.82 Å². The van der Waals surface area contributed by atoms with Crippen LogP contribution in [0, 0.1) is 10.1 Å². The van der Waals surface area contributed by atoms with Crippen molar-refractivity contribution in [1.29, 1.82) is 0 Å². The third kappa shape index (κ3) is 2.68. The average molecular weight is 222 g/mol. The first-order chi connectivity index (χ1) is 7.75. The third-order valence-corrected chi connectivity index (χ3v) is 2.97. The van der Waals surface area contributed by atoms with E-state index in [1.807, 2.05) is 0 Å². The van der Waals surface area contributed by atoms with Crippen LogP contribution in [0.5, 0.6) is 0 Å². The Morgan fingerprint density at radius 1 is 1.31 bits per heavy atom. The Balaban J connectivity index is 1.96. The smallest absolute Gasteiger partial charge is 0.272 e. The second-order valence-electron chi connectivity index (χ2n) is 4.20. The van der Waals surface area contributed by atoms with Gasteiger partial charge in [-0.1, -0.05) is 6.42 Å². The van der Waals surface area contributed by atoms with Crippen LogP contribution in [0.15, 0.2) is 18.3 Å². The molecule has 1 aliphatic rings. The molecule has 5 nitrogen and oxygen atoms in total. The molecule has 0 amide bonds. The van der Waals surface area contributed by atoms with E-state index in [9.17, 15) is 10.1 Å². The normalized spacial score (nSPS) is 17.0. The number of aromatic nitrogens is 1. The van der Waals surface area contributed by atoms with Crippen LogP contribution in [0.4, 0.5) is 11.5 Å². The fourth-order valence-electron chi connectivity index (χ4n) is 2.09. The highest BCUT2D eigenvalue weighted by molar-refractivity contribution is 5.35. The molecule has 0 unspecified atom stereocenters. The van der Waals surface area contributed by atoms with E-state index in [1.54, 1.807) is 6.07 Å². The summed E-state index contributed by atoms with van der Waals surface area (Å²) >= 11 is 0. The minimum atomic E-state index is -0.402. The van der Waals surface area contributed by atoms with Crippen molar-refractivity contribution in [2.45, 2.75) is 38.1 Å². The van der Waals surface area contributed by atoms with Gasteiger partial charge in [0.25, 0.3) is 5.82 Å². The zero-order chi connectivity index (χ0) is 11.4. The maximum Gasteiger partial charge on any atom is 0.308 e. The standard InChI is InChI=1S/C11H15N3O2/c15-14(16)10-6-7-11(12-8-10)13-9-4-2-1-3-5-9/h6-9H,1-5H2,(H,12,13)/p+1. The Bertz CT molecular complexity index is 358. The minimum Gasteiger partial charge on any atom is -0.272 e. The molecule has 86 valence electrons. The van der Waals surface area contributed by atoms with Gasteiger partial charge in [0.1, 0.15) is 0 Å². The van der Waals surface area contributed by atoms with Crippen LogP contribution in [0.25, 0.3) is 0 Å². The number of H-pyrrole nitrogens is 1. The van der Waals surface area contributed by atoms with Gasteiger partial charge in [-0.3, -0.25) is 15.4 Å². The summed E-state index contributed by atoms with van der Waals surface area (Å²) in [4.78, 5) is 13.0. The molecule has 0 bridgehead atoms. The molecule has 0 radical (unpaired) electrons. The highest BCUT2D eigenvalue weighted by atomic mass is 16.6. The predicted octanol–water partition coefficient (Wildman–Crippen LogP) is 2.15. The molecule has 1 aromatic heterocycles. The third-order valence-electron chi connectivity index (χ3n) is 2.97. The van der Waals surface area contributed by atoms with Crippen LogP contribution < -0.4 is 10.3 Å². The predicted molar refractivity (Wildman–Crippen MR) is 60.1 cm³/mol. The van der Waals surface area contributed by atoms with Crippen LogP contribution >= 0.6 is 0 Å². The van der Waals surface area contributed by atoms with Crippen molar-refractivity contribution >= 4 is 11.5 Å². The lowest BCUT2D eigenvalue weighted by atomic mass is 9.95. The van der Waals surface area contributed by atoms with Gasteiger partial charge in [-0.25, -0.2) is 4.98 Å². The van der Waals surface area contributed by atoms with Crippen LogP contribution in [-0.4, -0.2) is 11.0 Å². The molecule has 16 heavy (non-hydrogen) atoms. The number of hydrogen-bond donors (Lipinski definition) is 1. The SMILES string of the molecule is O=[N+]([O-])c1ccc(NC2CCCCC2)[nH+]c1. The first-order valence-corrected chi connectivity index (χ1v) is 5.68. The number of rotatable bonds is 3. The Labute approximate surface area is 94.0 Å². The second-order valence-corrected chi connectivity index (χ2v) is 4.20. The molecule has 0 spiro atoms. The van der Waals surface area contributed by atoms with Crippen molar-refractivity contribution in [3.05, 3.63) is 28.4 Å². The maximum absolute atomic E-state index is 10.5. The van der Waals surface area contributed by atoms with Crippen LogP contribution in [-0.2, 0) is 0 Å². The Kier molecular flexibility index (Phi) is 3.34. The van der Waals surface area contributed by atoms with Gasteiger partial charge in [0.05, 0.1) is 11.0 Å². The Morgan fingerprint density at radius 2 is 2.06 bits per heavy atom. The molecule has 0 aromatic carbocycles. The topological polar surface area (TPSA) is 69.3 Å². The van der Waals surface area contributed by atoms with E-state index in [2.05, 4.69) is 10.3 Å². The average Bonchev–Trinajstić information content (AvgIpc) is 2.31. The molecule has 1 aromatic rings. The van der Waals surface area contributed by atoms with Crippen molar-refractivity contribution in [3.8, 4) is 0 Å². The molecule has 0 atom stereocenters. The summed E-state index contributed by atoms with van der Waals surface area (Å²) in [7, 11) is 0. The van der Waals surface area contributed by atoms with E-state index < -0.39 is 4.92 Å². The molecule has 2 N–H and O–H groups in total. The van der Waals surface area contributed by atoms with E-state index in [4.69, 9.17) is 0 Å². The summed E-state index contributed by atoms with van der Waals surface area (Å²) in [6.07, 6.45) is 7.65. The van der Waals surface area contributed by atoms with Crippen molar-refractivity contribution in [2.24, 2.45) is 0 Å². The molecule has 0 aliphatic heterocycles. The molecule has 2 rings (SSSR count). The summed E-state index contributed by atoms with van der Waals surface area (Å²) in [6.45, 7) is 0. The number of hydrogen-bond acceptors (Lipinski definition) is 3. The van der Waals surface area contributed by atoms with Gasteiger partial charge in [0, 0.05) is 12.1 Å². The molecule has 5 heteroatoms. The lowest BCUT2D eigenvalue weighted by Crippen LogP contribution is -2.26. The van der Waals surface area contributed by atoms with E-state index in [0.29, 0.717) is 6.04 Å². The quantitative estimate of drug-likeness (QED) is 0.629.